The van der Waals surface area contributed by atoms with Crippen molar-refractivity contribution in [2.45, 2.75) is 13.0 Å². The Hall–Kier alpha value is -2.71. The Morgan fingerprint density at radius 1 is 1.32 bits per heavy atom. The third-order valence-corrected chi connectivity index (χ3v) is 5.20. The summed E-state index contributed by atoms with van der Waals surface area (Å²) >= 11 is 3.11. The average molecular weight is 448 g/mol. The molecule has 8 heteroatoms. The molecule has 0 aliphatic carbocycles. The number of hydrogen-bond acceptors (Lipinski definition) is 4. The van der Waals surface area contributed by atoms with E-state index in [2.05, 4.69) is 26.3 Å². The van der Waals surface area contributed by atoms with Crippen LogP contribution in [0.4, 0.5) is 4.39 Å². The summed E-state index contributed by atoms with van der Waals surface area (Å²) in [6, 6.07) is 11.7. The molecule has 0 saturated carbocycles. The maximum atomic E-state index is 13.6. The van der Waals surface area contributed by atoms with Crippen molar-refractivity contribution in [1.29, 1.82) is 0 Å². The molecule has 0 saturated heterocycles. The summed E-state index contributed by atoms with van der Waals surface area (Å²) in [4.78, 5) is 12.6. The Labute approximate surface area is 170 Å². The Balaban J connectivity index is 1.75. The van der Waals surface area contributed by atoms with E-state index in [9.17, 15) is 14.3 Å². The first kappa shape index (κ1) is 20.0. The van der Waals surface area contributed by atoms with Gasteiger partial charge in [0, 0.05) is 6.54 Å². The molecule has 3 rings (SSSR count). The van der Waals surface area contributed by atoms with Crippen molar-refractivity contribution in [3.8, 4) is 11.4 Å². The van der Waals surface area contributed by atoms with Crippen LogP contribution in [0.3, 0.4) is 0 Å². The van der Waals surface area contributed by atoms with Crippen molar-refractivity contribution >= 4 is 21.8 Å². The van der Waals surface area contributed by atoms with Crippen molar-refractivity contribution in [2.24, 2.45) is 0 Å². The number of aromatic nitrogens is 2. The molecule has 0 radical (unpaired) electrons. The molecule has 3 aromatic rings. The van der Waals surface area contributed by atoms with Crippen LogP contribution >= 0.6 is 15.9 Å². The van der Waals surface area contributed by atoms with Crippen LogP contribution in [0.5, 0.6) is 5.75 Å². The Kier molecular flexibility index (Phi) is 6.11. The van der Waals surface area contributed by atoms with E-state index in [0.29, 0.717) is 28.3 Å². The number of carbonyl (C=O) groups is 1. The Bertz CT molecular complexity index is 1010. The molecule has 1 unspecified atom stereocenters. The highest BCUT2D eigenvalue weighted by Gasteiger charge is 2.19. The number of benzene rings is 2. The molecule has 6 nitrogen and oxygen atoms in total. The number of aliphatic hydroxyl groups is 1. The highest BCUT2D eigenvalue weighted by molar-refractivity contribution is 9.10. The van der Waals surface area contributed by atoms with Crippen molar-refractivity contribution in [3.63, 3.8) is 0 Å². The number of carbonyl (C=O) groups excluding carboxylic acids is 1. The summed E-state index contributed by atoms with van der Waals surface area (Å²) in [6.07, 6.45) is 0.403. The standard InChI is InChI=1S/C20H19BrFN3O3/c1-12-14(10-24-25(12)16-8-3-4-9-18(16)28-2)20(27)23-11-17(26)13-6-5-7-15(22)19(13)21/h3-10,17,26H,11H2,1-2H3,(H,23,27). The molecule has 0 bridgehead atoms. The van der Waals surface area contributed by atoms with Crippen LogP contribution in [0.15, 0.2) is 53.1 Å². The molecule has 1 aromatic heterocycles. The van der Waals surface area contributed by atoms with Crippen molar-refractivity contribution in [1.82, 2.24) is 15.1 Å². The fraction of sp³-hybridized carbons (Fsp3) is 0.200. The Morgan fingerprint density at radius 2 is 2.07 bits per heavy atom. The topological polar surface area (TPSA) is 76.4 Å². The highest BCUT2D eigenvalue weighted by atomic mass is 79.9. The predicted molar refractivity (Wildman–Crippen MR) is 106 cm³/mol. The molecule has 28 heavy (non-hydrogen) atoms. The first-order valence-corrected chi connectivity index (χ1v) is 9.31. The van der Waals surface area contributed by atoms with Crippen LogP contribution in [-0.2, 0) is 0 Å². The lowest BCUT2D eigenvalue weighted by molar-refractivity contribution is 0.0915. The van der Waals surface area contributed by atoms with Gasteiger partial charge >= 0.3 is 0 Å². The van der Waals surface area contributed by atoms with Crippen LogP contribution < -0.4 is 10.1 Å². The van der Waals surface area contributed by atoms with Gasteiger partial charge in [-0.3, -0.25) is 4.79 Å². The normalized spacial score (nSPS) is 11.9. The minimum absolute atomic E-state index is 0.0693. The van der Waals surface area contributed by atoms with E-state index in [1.54, 1.807) is 24.8 Å². The number of nitrogens with one attached hydrogen (secondary N) is 1. The van der Waals surface area contributed by atoms with Crippen LogP contribution in [0.25, 0.3) is 5.69 Å². The number of hydrogen-bond donors (Lipinski definition) is 2. The Morgan fingerprint density at radius 3 is 2.82 bits per heavy atom. The van der Waals surface area contributed by atoms with Gasteiger partial charge in [0.1, 0.15) is 17.3 Å². The molecule has 0 aliphatic rings. The molecule has 0 spiro atoms. The first-order chi connectivity index (χ1) is 13.4. The van der Waals surface area contributed by atoms with Gasteiger partial charge in [0.25, 0.3) is 5.91 Å². The van der Waals surface area contributed by atoms with E-state index in [1.807, 2.05) is 24.3 Å². The molecule has 1 amide bonds. The number of nitrogens with zero attached hydrogens (tertiary/aromatic N) is 2. The van der Waals surface area contributed by atoms with E-state index in [0.717, 1.165) is 0 Å². The van der Waals surface area contributed by atoms with E-state index < -0.39 is 11.9 Å². The van der Waals surface area contributed by atoms with Crippen LogP contribution in [0, 0.1) is 12.7 Å². The number of amides is 1. The lowest BCUT2D eigenvalue weighted by Gasteiger charge is -2.14. The monoisotopic (exact) mass is 447 g/mol. The fourth-order valence-corrected chi connectivity index (χ4v) is 3.38. The highest BCUT2D eigenvalue weighted by Crippen LogP contribution is 2.26. The van der Waals surface area contributed by atoms with E-state index in [-0.39, 0.29) is 16.9 Å². The summed E-state index contributed by atoms with van der Waals surface area (Å²) in [5.41, 5.74) is 2.08. The lowest BCUT2D eigenvalue weighted by atomic mass is 10.1. The summed E-state index contributed by atoms with van der Waals surface area (Å²) in [5.74, 6) is -0.228. The molecule has 0 aliphatic heterocycles. The zero-order valence-electron chi connectivity index (χ0n) is 15.3. The first-order valence-electron chi connectivity index (χ1n) is 8.52. The quantitative estimate of drug-likeness (QED) is 0.605. The molecule has 0 fully saturated rings. The molecular weight excluding hydrogens is 429 g/mol. The molecule has 2 aromatic carbocycles. The number of para-hydroxylation sites is 2. The third kappa shape index (κ3) is 3.93. The van der Waals surface area contributed by atoms with Crippen LogP contribution in [0.1, 0.15) is 27.7 Å². The van der Waals surface area contributed by atoms with E-state index in [1.165, 1.54) is 18.3 Å². The minimum Gasteiger partial charge on any atom is -0.494 e. The number of ether oxygens (including phenoxy) is 1. The summed E-state index contributed by atoms with van der Waals surface area (Å²) < 4.78 is 20.8. The van der Waals surface area contributed by atoms with Crippen molar-refractivity contribution in [3.05, 3.63) is 75.8 Å². The third-order valence-electron chi connectivity index (χ3n) is 4.36. The number of methoxy groups -OCH3 is 1. The maximum Gasteiger partial charge on any atom is 0.254 e. The average Bonchev–Trinajstić information content (AvgIpc) is 3.09. The van der Waals surface area contributed by atoms with Gasteiger partial charge in [0.05, 0.1) is 35.1 Å². The van der Waals surface area contributed by atoms with Crippen molar-refractivity contribution in [2.75, 3.05) is 13.7 Å². The smallest absolute Gasteiger partial charge is 0.254 e. The van der Waals surface area contributed by atoms with Crippen LogP contribution in [0.2, 0.25) is 0 Å². The molecular formula is C20H19BrFN3O3. The summed E-state index contributed by atoms with van der Waals surface area (Å²) in [5, 5.41) is 17.2. The number of aliphatic hydroxyl groups excluding tert-OH is 1. The maximum absolute atomic E-state index is 13.6. The van der Waals surface area contributed by atoms with Crippen LogP contribution in [-0.4, -0.2) is 34.4 Å². The predicted octanol–water partition coefficient (Wildman–Crippen LogP) is 3.55. The van der Waals surface area contributed by atoms with Gasteiger partial charge in [0.2, 0.25) is 0 Å². The summed E-state index contributed by atoms with van der Waals surface area (Å²) in [6.45, 7) is 1.70. The largest absolute Gasteiger partial charge is 0.494 e. The zero-order valence-corrected chi connectivity index (χ0v) is 16.9. The van der Waals surface area contributed by atoms with Gasteiger partial charge in [-0.25, -0.2) is 9.07 Å². The van der Waals surface area contributed by atoms with Crippen molar-refractivity contribution < 1.29 is 19.0 Å². The second-order valence-corrected chi connectivity index (χ2v) is 6.89. The lowest BCUT2D eigenvalue weighted by Crippen LogP contribution is -2.29. The van der Waals surface area contributed by atoms with E-state index in [4.69, 9.17) is 4.74 Å². The van der Waals surface area contributed by atoms with Gasteiger partial charge in [-0.1, -0.05) is 24.3 Å². The van der Waals surface area contributed by atoms with Gasteiger partial charge in [-0.2, -0.15) is 5.10 Å². The fourth-order valence-electron chi connectivity index (χ4n) is 2.85. The molecule has 1 atom stereocenters. The van der Waals surface area contributed by atoms with Gasteiger partial charge < -0.3 is 15.2 Å². The molecule has 146 valence electrons. The SMILES string of the molecule is COc1ccccc1-n1ncc(C(=O)NCC(O)c2cccc(F)c2Br)c1C. The second kappa shape index (κ2) is 8.53. The van der Waals surface area contributed by atoms with E-state index >= 15 is 0 Å². The second-order valence-electron chi connectivity index (χ2n) is 6.10. The van der Waals surface area contributed by atoms with Gasteiger partial charge in [-0.15, -0.1) is 0 Å². The minimum atomic E-state index is -1.06. The van der Waals surface area contributed by atoms with Gasteiger partial charge in [0.15, 0.2) is 0 Å². The zero-order chi connectivity index (χ0) is 20.3. The molecule has 2 N–H and O–H groups in total. The number of halogens is 2. The molecule has 1 heterocycles. The number of rotatable bonds is 6. The van der Waals surface area contributed by atoms with Gasteiger partial charge in [-0.05, 0) is 46.6 Å². The summed E-state index contributed by atoms with van der Waals surface area (Å²) in [7, 11) is 1.57.